The molecular formula is C21H23NO4. The number of benzene rings is 2. The summed E-state index contributed by atoms with van der Waals surface area (Å²) in [6.45, 7) is 1.82. The smallest absolute Gasteiger partial charge is 0.417 e. The van der Waals surface area contributed by atoms with Gasteiger partial charge >= 0.3 is 6.09 Å². The lowest BCUT2D eigenvalue weighted by Gasteiger charge is -2.25. The molecule has 1 saturated heterocycles. The summed E-state index contributed by atoms with van der Waals surface area (Å²) in [7, 11) is 0. The van der Waals surface area contributed by atoms with Crippen LogP contribution in [0.15, 0.2) is 54.6 Å². The van der Waals surface area contributed by atoms with E-state index in [-0.39, 0.29) is 19.3 Å². The van der Waals surface area contributed by atoms with E-state index in [1.54, 1.807) is 0 Å². The first-order valence-corrected chi connectivity index (χ1v) is 8.88. The summed E-state index contributed by atoms with van der Waals surface area (Å²) in [5, 5.41) is 9.89. The Hall–Kier alpha value is -2.66. The van der Waals surface area contributed by atoms with Crippen LogP contribution in [0.4, 0.5) is 4.79 Å². The molecule has 136 valence electrons. The van der Waals surface area contributed by atoms with E-state index < -0.39 is 17.9 Å². The second kappa shape index (κ2) is 8.15. The number of rotatable bonds is 6. The molecule has 0 saturated carbocycles. The van der Waals surface area contributed by atoms with Crippen LogP contribution in [-0.4, -0.2) is 41.3 Å². The first-order chi connectivity index (χ1) is 12.7. The van der Waals surface area contributed by atoms with E-state index in [9.17, 15) is 14.7 Å². The summed E-state index contributed by atoms with van der Waals surface area (Å²) in [6.07, 6.45) is 0.646. The molecule has 1 N–H and O–H groups in total. The molecule has 0 aromatic heterocycles. The maximum atomic E-state index is 13.1. The lowest BCUT2D eigenvalue weighted by Crippen LogP contribution is -2.43. The van der Waals surface area contributed by atoms with Crippen molar-refractivity contribution in [3.63, 3.8) is 0 Å². The highest BCUT2D eigenvalue weighted by molar-refractivity contribution is 5.97. The molecule has 2 aromatic rings. The van der Waals surface area contributed by atoms with Gasteiger partial charge in [-0.15, -0.1) is 0 Å². The average molecular weight is 353 g/mol. The molecule has 2 aromatic carbocycles. The van der Waals surface area contributed by atoms with E-state index in [1.807, 2.05) is 61.5 Å². The monoisotopic (exact) mass is 353 g/mol. The highest BCUT2D eigenvalue weighted by Crippen LogP contribution is 2.27. The summed E-state index contributed by atoms with van der Waals surface area (Å²) >= 11 is 0. The van der Waals surface area contributed by atoms with E-state index in [0.29, 0.717) is 6.42 Å². The van der Waals surface area contributed by atoms with E-state index >= 15 is 0 Å². The Balaban J connectivity index is 1.86. The third kappa shape index (κ3) is 3.63. The SMILES string of the molecule is CCc1ccccc1[C@@H](CO)C(=O)N1C(=O)OC[C@H]1Cc1ccccc1. The predicted octanol–water partition coefficient (Wildman–Crippen LogP) is 2.92. The fraction of sp³-hybridized carbons (Fsp3) is 0.333. The zero-order valence-corrected chi connectivity index (χ0v) is 14.8. The fourth-order valence-corrected chi connectivity index (χ4v) is 3.44. The van der Waals surface area contributed by atoms with E-state index in [4.69, 9.17) is 4.74 Å². The number of aliphatic hydroxyl groups is 1. The summed E-state index contributed by atoms with van der Waals surface area (Å²) in [4.78, 5) is 26.5. The first-order valence-electron chi connectivity index (χ1n) is 8.88. The van der Waals surface area contributed by atoms with Crippen LogP contribution in [-0.2, 0) is 22.4 Å². The third-order valence-electron chi connectivity index (χ3n) is 4.80. The summed E-state index contributed by atoms with van der Waals surface area (Å²) in [5.74, 6) is -1.17. The Morgan fingerprint density at radius 2 is 1.88 bits per heavy atom. The van der Waals surface area contributed by atoms with Crippen LogP contribution in [0.1, 0.15) is 29.5 Å². The molecule has 5 heteroatoms. The number of imide groups is 1. The standard InChI is InChI=1S/C21H23NO4/c1-2-16-10-6-7-11-18(16)19(13-23)20(24)22-17(14-26-21(22)25)12-15-8-4-3-5-9-15/h3-11,17,19,23H,2,12-14H2,1H3/t17-,19-/m1/s1. The summed E-state index contributed by atoms with van der Waals surface area (Å²) in [6, 6.07) is 16.9. The van der Waals surface area contributed by atoms with Crippen molar-refractivity contribution in [2.45, 2.75) is 31.7 Å². The molecule has 2 atom stereocenters. The molecule has 1 aliphatic rings. The van der Waals surface area contributed by atoms with Crippen molar-refractivity contribution in [2.75, 3.05) is 13.2 Å². The molecule has 0 unspecified atom stereocenters. The van der Waals surface area contributed by atoms with Gasteiger partial charge in [-0.25, -0.2) is 9.69 Å². The van der Waals surface area contributed by atoms with Crippen LogP contribution in [0.5, 0.6) is 0 Å². The van der Waals surface area contributed by atoms with Crippen molar-refractivity contribution in [3.05, 3.63) is 71.3 Å². The molecule has 1 aliphatic heterocycles. The highest BCUT2D eigenvalue weighted by Gasteiger charge is 2.41. The van der Waals surface area contributed by atoms with Gasteiger partial charge in [0.25, 0.3) is 0 Å². The number of hydrogen-bond donors (Lipinski definition) is 1. The number of ether oxygens (including phenoxy) is 1. The van der Waals surface area contributed by atoms with Crippen LogP contribution in [0.3, 0.4) is 0 Å². The summed E-state index contributed by atoms with van der Waals surface area (Å²) in [5.41, 5.74) is 2.79. The van der Waals surface area contributed by atoms with E-state index in [1.165, 1.54) is 4.90 Å². The Morgan fingerprint density at radius 3 is 2.58 bits per heavy atom. The zero-order chi connectivity index (χ0) is 18.5. The Bertz CT molecular complexity index is 775. The van der Waals surface area contributed by atoms with E-state index in [2.05, 4.69) is 0 Å². The first kappa shape index (κ1) is 18.1. The Morgan fingerprint density at radius 1 is 1.19 bits per heavy atom. The Kier molecular flexibility index (Phi) is 5.68. The lowest BCUT2D eigenvalue weighted by atomic mass is 9.92. The number of hydrogen-bond acceptors (Lipinski definition) is 4. The van der Waals surface area contributed by atoms with Gasteiger partial charge in [-0.1, -0.05) is 61.5 Å². The van der Waals surface area contributed by atoms with Crippen LogP contribution < -0.4 is 0 Å². The van der Waals surface area contributed by atoms with Crippen molar-refractivity contribution in [1.82, 2.24) is 4.90 Å². The lowest BCUT2D eigenvalue weighted by molar-refractivity contribution is -0.131. The summed E-state index contributed by atoms with van der Waals surface area (Å²) < 4.78 is 5.14. The van der Waals surface area contributed by atoms with Crippen LogP contribution >= 0.6 is 0 Å². The molecule has 1 heterocycles. The third-order valence-corrected chi connectivity index (χ3v) is 4.80. The van der Waals surface area contributed by atoms with E-state index in [0.717, 1.165) is 23.1 Å². The minimum Gasteiger partial charge on any atom is -0.447 e. The number of amides is 2. The van der Waals surface area contributed by atoms with Gasteiger partial charge in [0.05, 0.1) is 18.6 Å². The molecule has 0 aliphatic carbocycles. The van der Waals surface area contributed by atoms with Crippen LogP contribution in [0, 0.1) is 0 Å². The van der Waals surface area contributed by atoms with Crippen molar-refractivity contribution in [2.24, 2.45) is 0 Å². The number of cyclic esters (lactones) is 1. The number of aliphatic hydroxyl groups excluding tert-OH is 1. The molecule has 5 nitrogen and oxygen atoms in total. The largest absolute Gasteiger partial charge is 0.447 e. The van der Waals surface area contributed by atoms with Crippen molar-refractivity contribution >= 4 is 12.0 Å². The number of nitrogens with zero attached hydrogens (tertiary/aromatic N) is 1. The molecule has 26 heavy (non-hydrogen) atoms. The number of aryl methyl sites for hydroxylation is 1. The van der Waals surface area contributed by atoms with Gasteiger partial charge in [0.2, 0.25) is 5.91 Å². The van der Waals surface area contributed by atoms with Crippen LogP contribution in [0.2, 0.25) is 0 Å². The maximum absolute atomic E-state index is 13.1. The molecular weight excluding hydrogens is 330 g/mol. The van der Waals surface area contributed by atoms with Gasteiger partial charge in [0.1, 0.15) is 6.61 Å². The fourth-order valence-electron chi connectivity index (χ4n) is 3.44. The van der Waals surface area contributed by atoms with Gasteiger partial charge in [-0.3, -0.25) is 4.79 Å². The Labute approximate surface area is 153 Å². The normalized spacial score (nSPS) is 17.8. The molecule has 3 rings (SSSR count). The van der Waals surface area contributed by atoms with Crippen molar-refractivity contribution < 1.29 is 19.4 Å². The van der Waals surface area contributed by atoms with Gasteiger partial charge in [0.15, 0.2) is 0 Å². The average Bonchev–Trinajstić information content (AvgIpc) is 3.03. The minimum absolute atomic E-state index is 0.174. The van der Waals surface area contributed by atoms with Crippen molar-refractivity contribution in [3.8, 4) is 0 Å². The molecule has 2 amide bonds. The maximum Gasteiger partial charge on any atom is 0.417 e. The highest BCUT2D eigenvalue weighted by atomic mass is 16.6. The van der Waals surface area contributed by atoms with Gasteiger partial charge in [0, 0.05) is 0 Å². The zero-order valence-electron chi connectivity index (χ0n) is 14.8. The van der Waals surface area contributed by atoms with Crippen molar-refractivity contribution in [1.29, 1.82) is 0 Å². The van der Waals surface area contributed by atoms with Gasteiger partial charge in [-0.05, 0) is 29.5 Å². The molecule has 0 bridgehead atoms. The van der Waals surface area contributed by atoms with Gasteiger partial charge < -0.3 is 9.84 Å². The predicted molar refractivity (Wildman–Crippen MR) is 97.8 cm³/mol. The second-order valence-corrected chi connectivity index (χ2v) is 6.42. The quantitative estimate of drug-likeness (QED) is 0.867. The molecule has 0 radical (unpaired) electrons. The van der Waals surface area contributed by atoms with Gasteiger partial charge in [-0.2, -0.15) is 0 Å². The molecule has 0 spiro atoms. The number of carbonyl (C=O) groups is 2. The van der Waals surface area contributed by atoms with Crippen LogP contribution in [0.25, 0.3) is 0 Å². The number of carbonyl (C=O) groups excluding carboxylic acids is 2. The molecule has 1 fully saturated rings. The second-order valence-electron chi connectivity index (χ2n) is 6.42. The minimum atomic E-state index is -0.768. The topological polar surface area (TPSA) is 66.8 Å².